The number of nitrogens with zero attached hydrogens (tertiary/aromatic N) is 1. The van der Waals surface area contributed by atoms with Crippen LogP contribution in [0, 0.1) is 5.92 Å². The van der Waals surface area contributed by atoms with Gasteiger partial charge in [0.2, 0.25) is 0 Å². The van der Waals surface area contributed by atoms with E-state index in [2.05, 4.69) is 15.8 Å². The van der Waals surface area contributed by atoms with Crippen LogP contribution in [0.4, 0.5) is 0 Å². The Hall–Kier alpha value is -1.23. The molecule has 16 heavy (non-hydrogen) atoms. The molecule has 3 atom stereocenters. The maximum absolute atomic E-state index is 11.7. The van der Waals surface area contributed by atoms with Gasteiger partial charge in [0.1, 0.15) is 11.2 Å². The molecule has 0 radical (unpaired) electrons. The van der Waals surface area contributed by atoms with Crippen molar-refractivity contribution in [3.63, 3.8) is 0 Å². The number of halogens is 1. The molecule has 5 nitrogen and oxygen atoms in total. The van der Waals surface area contributed by atoms with Crippen LogP contribution in [0.15, 0.2) is 16.4 Å². The Morgan fingerprint density at radius 2 is 2.44 bits per heavy atom. The highest BCUT2D eigenvalue weighted by molar-refractivity contribution is 6.21. The highest BCUT2D eigenvalue weighted by atomic mass is 35.5. The van der Waals surface area contributed by atoms with E-state index in [0.717, 1.165) is 5.57 Å². The van der Waals surface area contributed by atoms with Crippen LogP contribution in [-0.2, 0) is 9.53 Å². The monoisotopic (exact) mass is 243 g/mol. The van der Waals surface area contributed by atoms with Gasteiger partial charge in [0, 0.05) is 12.1 Å². The number of fused-ring (bicyclic) bond motifs is 1. The van der Waals surface area contributed by atoms with Gasteiger partial charge in [0.25, 0.3) is 0 Å². The summed E-state index contributed by atoms with van der Waals surface area (Å²) in [6.07, 6.45) is 1.72. The molecule has 0 aromatic heterocycles. The predicted molar refractivity (Wildman–Crippen MR) is 61.0 cm³/mol. The summed E-state index contributed by atoms with van der Waals surface area (Å²) in [5.74, 6) is -0.287. The molecule has 6 heteroatoms. The summed E-state index contributed by atoms with van der Waals surface area (Å²) in [5, 5.41) is 7.02. The van der Waals surface area contributed by atoms with E-state index >= 15 is 0 Å². The molecule has 2 aliphatic heterocycles. The zero-order valence-corrected chi connectivity index (χ0v) is 9.91. The Kier molecular flexibility index (Phi) is 3.05. The minimum Gasteiger partial charge on any atom is -0.461 e. The quantitative estimate of drug-likeness (QED) is 0.423. The average Bonchev–Trinajstić information content (AvgIpc) is 2.58. The van der Waals surface area contributed by atoms with Gasteiger partial charge in [0.05, 0.1) is 12.6 Å². The van der Waals surface area contributed by atoms with Crippen LogP contribution in [0.5, 0.6) is 0 Å². The summed E-state index contributed by atoms with van der Waals surface area (Å²) >= 11 is 6.11. The second-order valence-electron chi connectivity index (χ2n) is 3.78. The van der Waals surface area contributed by atoms with Crippen molar-refractivity contribution in [1.29, 1.82) is 0 Å². The molecule has 88 valence electrons. The van der Waals surface area contributed by atoms with Gasteiger partial charge in [-0.1, -0.05) is 11.6 Å². The lowest BCUT2D eigenvalue weighted by molar-refractivity contribution is -0.138. The zero-order chi connectivity index (χ0) is 11.7. The SMILES string of the molecule is CCOC(=O)C1=C(C)C2C(Cl)NN=CC2N1. The fourth-order valence-corrected chi connectivity index (χ4v) is 2.44. The average molecular weight is 244 g/mol. The molecule has 3 unspecified atom stereocenters. The summed E-state index contributed by atoms with van der Waals surface area (Å²) in [7, 11) is 0. The molecular formula is C10H14ClN3O2. The molecule has 0 saturated heterocycles. The standard InChI is InChI=1S/C10H14ClN3O2/c1-3-16-10(15)8-5(2)7-6(13-8)4-12-14-9(7)11/h4,6-7,9,13-14H,3H2,1-2H3. The number of esters is 1. The maximum Gasteiger partial charge on any atom is 0.354 e. The number of hydrogen-bond donors (Lipinski definition) is 2. The summed E-state index contributed by atoms with van der Waals surface area (Å²) in [4.78, 5) is 11.7. The number of rotatable bonds is 2. The fraction of sp³-hybridized carbons (Fsp3) is 0.600. The lowest BCUT2D eigenvalue weighted by Crippen LogP contribution is -2.44. The third-order valence-electron chi connectivity index (χ3n) is 2.82. The first kappa shape index (κ1) is 11.3. The van der Waals surface area contributed by atoms with Gasteiger partial charge in [-0.05, 0) is 19.4 Å². The summed E-state index contributed by atoms with van der Waals surface area (Å²) in [6, 6.07) is -0.0249. The van der Waals surface area contributed by atoms with Crippen molar-refractivity contribution in [2.45, 2.75) is 25.4 Å². The third kappa shape index (κ3) is 1.75. The number of ether oxygens (including phenoxy) is 1. The first-order valence-corrected chi connectivity index (χ1v) is 5.66. The summed E-state index contributed by atoms with van der Waals surface area (Å²) in [6.45, 7) is 4.03. The molecule has 0 bridgehead atoms. The largest absolute Gasteiger partial charge is 0.461 e. The van der Waals surface area contributed by atoms with Crippen LogP contribution in [0.3, 0.4) is 0 Å². The van der Waals surface area contributed by atoms with Crippen LogP contribution in [0.25, 0.3) is 0 Å². The third-order valence-corrected chi connectivity index (χ3v) is 3.19. The van der Waals surface area contributed by atoms with Crippen molar-refractivity contribution >= 4 is 23.8 Å². The summed E-state index contributed by atoms with van der Waals surface area (Å²) < 4.78 is 4.97. The second kappa shape index (κ2) is 4.33. The van der Waals surface area contributed by atoms with E-state index in [1.807, 2.05) is 6.92 Å². The molecule has 2 heterocycles. The topological polar surface area (TPSA) is 62.7 Å². The van der Waals surface area contributed by atoms with E-state index in [4.69, 9.17) is 16.3 Å². The molecule has 0 fully saturated rings. The van der Waals surface area contributed by atoms with Gasteiger partial charge in [-0.3, -0.25) is 5.43 Å². The van der Waals surface area contributed by atoms with Crippen molar-refractivity contribution in [3.05, 3.63) is 11.3 Å². The predicted octanol–water partition coefficient (Wildman–Crippen LogP) is 0.565. The first-order valence-electron chi connectivity index (χ1n) is 5.22. The number of hydrogen-bond acceptors (Lipinski definition) is 5. The number of hydrazone groups is 1. The molecule has 0 aliphatic carbocycles. The van der Waals surface area contributed by atoms with Gasteiger partial charge >= 0.3 is 5.97 Å². The van der Waals surface area contributed by atoms with E-state index in [9.17, 15) is 4.79 Å². The van der Waals surface area contributed by atoms with Crippen LogP contribution in [0.2, 0.25) is 0 Å². The number of nitrogens with one attached hydrogen (secondary N) is 2. The molecule has 2 rings (SSSR count). The molecule has 0 spiro atoms. The lowest BCUT2D eigenvalue weighted by atomic mass is 9.95. The summed E-state index contributed by atoms with van der Waals surface area (Å²) in [5.41, 5.74) is 3.92. The molecule has 2 aliphatic rings. The van der Waals surface area contributed by atoms with Gasteiger partial charge in [-0.2, -0.15) is 5.10 Å². The molecule has 0 amide bonds. The fourth-order valence-electron chi connectivity index (χ4n) is 2.04. The van der Waals surface area contributed by atoms with E-state index in [1.54, 1.807) is 13.1 Å². The van der Waals surface area contributed by atoms with Crippen molar-refractivity contribution in [2.24, 2.45) is 11.0 Å². The van der Waals surface area contributed by atoms with Crippen molar-refractivity contribution < 1.29 is 9.53 Å². The Labute approximate surface area is 98.9 Å². The second-order valence-corrected chi connectivity index (χ2v) is 4.25. The highest BCUT2D eigenvalue weighted by Gasteiger charge is 2.40. The molecule has 0 aromatic carbocycles. The zero-order valence-electron chi connectivity index (χ0n) is 9.16. The normalized spacial score (nSPS) is 31.8. The van der Waals surface area contributed by atoms with Crippen LogP contribution in [-0.4, -0.2) is 30.3 Å². The number of carbonyl (C=O) groups excluding carboxylic acids is 1. The van der Waals surface area contributed by atoms with Crippen molar-refractivity contribution in [1.82, 2.24) is 10.7 Å². The van der Waals surface area contributed by atoms with E-state index < -0.39 is 0 Å². The van der Waals surface area contributed by atoms with Gasteiger partial charge in [-0.15, -0.1) is 0 Å². The van der Waals surface area contributed by atoms with Gasteiger partial charge in [0.15, 0.2) is 0 Å². The van der Waals surface area contributed by atoms with Crippen LogP contribution >= 0.6 is 11.6 Å². The van der Waals surface area contributed by atoms with E-state index in [-0.39, 0.29) is 23.4 Å². The van der Waals surface area contributed by atoms with Gasteiger partial charge in [-0.25, -0.2) is 4.79 Å². The Morgan fingerprint density at radius 1 is 1.69 bits per heavy atom. The Morgan fingerprint density at radius 3 is 3.06 bits per heavy atom. The highest BCUT2D eigenvalue weighted by Crippen LogP contribution is 2.31. The Balaban J connectivity index is 2.22. The van der Waals surface area contributed by atoms with Crippen molar-refractivity contribution in [2.75, 3.05) is 6.61 Å². The number of carbonyl (C=O) groups is 1. The minimum absolute atomic E-state index is 0.0249. The molecule has 2 N–H and O–H groups in total. The molecular weight excluding hydrogens is 230 g/mol. The molecule has 0 aromatic rings. The van der Waals surface area contributed by atoms with Crippen LogP contribution in [0.1, 0.15) is 13.8 Å². The molecule has 0 saturated carbocycles. The Bertz CT molecular complexity index is 367. The minimum atomic E-state index is -0.327. The lowest BCUT2D eigenvalue weighted by Gasteiger charge is -2.26. The first-order chi connectivity index (χ1) is 7.65. The number of alkyl halides is 1. The smallest absolute Gasteiger partial charge is 0.354 e. The van der Waals surface area contributed by atoms with E-state index in [0.29, 0.717) is 12.3 Å². The van der Waals surface area contributed by atoms with E-state index in [1.165, 1.54) is 0 Å². The van der Waals surface area contributed by atoms with Crippen molar-refractivity contribution in [3.8, 4) is 0 Å². The van der Waals surface area contributed by atoms with Gasteiger partial charge < -0.3 is 10.1 Å². The van der Waals surface area contributed by atoms with Crippen LogP contribution < -0.4 is 10.7 Å². The maximum atomic E-state index is 11.7.